The van der Waals surface area contributed by atoms with Crippen LogP contribution in [0.4, 0.5) is 0 Å². The van der Waals surface area contributed by atoms with Crippen molar-refractivity contribution in [1.29, 1.82) is 0 Å². The smallest absolute Gasteiger partial charge is 0.233 e. The van der Waals surface area contributed by atoms with Gasteiger partial charge in [-0.2, -0.15) is 0 Å². The second-order valence-corrected chi connectivity index (χ2v) is 8.24. The number of ether oxygens (including phenoxy) is 1. The molecule has 0 bridgehead atoms. The number of amides is 1. The summed E-state index contributed by atoms with van der Waals surface area (Å²) in [6, 6.07) is 11.6. The van der Waals surface area contributed by atoms with E-state index in [0.717, 1.165) is 53.8 Å². The van der Waals surface area contributed by atoms with Crippen molar-refractivity contribution in [3.05, 3.63) is 54.2 Å². The SMILES string of the molecule is CC(Sc1nc(CN2CCOCC2)nc2ccccc12)C(=O)NCc1ccco1. The molecule has 1 fully saturated rings. The number of carbonyl (C=O) groups excluding carboxylic acids is 1. The zero-order valence-corrected chi connectivity index (χ0v) is 17.2. The number of carbonyl (C=O) groups is 1. The number of hydrogen-bond donors (Lipinski definition) is 1. The molecule has 3 aromatic rings. The minimum atomic E-state index is -0.292. The third kappa shape index (κ3) is 5.14. The maximum atomic E-state index is 12.5. The Balaban J connectivity index is 1.49. The molecule has 1 saturated heterocycles. The summed E-state index contributed by atoms with van der Waals surface area (Å²) in [5, 5.41) is 4.42. The predicted molar refractivity (Wildman–Crippen MR) is 112 cm³/mol. The standard InChI is InChI=1S/C21H24N4O3S/c1-15(20(26)22-13-16-5-4-10-28-16)29-21-17-6-2-3-7-18(17)23-19(24-21)14-25-8-11-27-12-9-25/h2-7,10,15H,8-9,11-14H2,1H3,(H,22,26). The van der Waals surface area contributed by atoms with Crippen LogP contribution in [-0.2, 0) is 22.6 Å². The highest BCUT2D eigenvalue weighted by Gasteiger charge is 2.19. The van der Waals surface area contributed by atoms with E-state index in [9.17, 15) is 4.79 Å². The fraction of sp³-hybridized carbons (Fsp3) is 0.381. The van der Waals surface area contributed by atoms with Crippen LogP contribution in [0, 0.1) is 0 Å². The monoisotopic (exact) mass is 412 g/mol. The maximum absolute atomic E-state index is 12.5. The number of benzene rings is 1. The molecule has 0 aliphatic carbocycles. The second-order valence-electron chi connectivity index (χ2n) is 6.91. The molecule has 7 nitrogen and oxygen atoms in total. The topological polar surface area (TPSA) is 80.5 Å². The van der Waals surface area contributed by atoms with Gasteiger partial charge in [0.15, 0.2) is 0 Å². The van der Waals surface area contributed by atoms with E-state index < -0.39 is 0 Å². The van der Waals surface area contributed by atoms with Crippen molar-refractivity contribution in [3.8, 4) is 0 Å². The summed E-state index contributed by atoms with van der Waals surface area (Å²) in [4.78, 5) is 24.4. The van der Waals surface area contributed by atoms with Gasteiger partial charge in [-0.05, 0) is 25.1 Å². The normalized spacial score (nSPS) is 16.0. The first-order valence-corrected chi connectivity index (χ1v) is 10.6. The van der Waals surface area contributed by atoms with Crippen LogP contribution in [0.3, 0.4) is 0 Å². The van der Waals surface area contributed by atoms with Crippen molar-refractivity contribution in [2.24, 2.45) is 0 Å². The number of furan rings is 1. The predicted octanol–water partition coefficient (Wildman–Crippen LogP) is 2.85. The Kier molecular flexibility index (Phi) is 6.43. The molecular weight excluding hydrogens is 388 g/mol. The highest BCUT2D eigenvalue weighted by Crippen LogP contribution is 2.29. The van der Waals surface area contributed by atoms with Crippen LogP contribution in [0.5, 0.6) is 0 Å². The van der Waals surface area contributed by atoms with Crippen LogP contribution in [0.2, 0.25) is 0 Å². The lowest BCUT2D eigenvalue weighted by Crippen LogP contribution is -2.36. The number of nitrogens with one attached hydrogen (secondary N) is 1. The van der Waals surface area contributed by atoms with E-state index in [4.69, 9.17) is 19.1 Å². The lowest BCUT2D eigenvalue weighted by molar-refractivity contribution is -0.120. The van der Waals surface area contributed by atoms with Crippen molar-refractivity contribution >= 4 is 28.6 Å². The van der Waals surface area contributed by atoms with Gasteiger partial charge in [-0.1, -0.05) is 30.0 Å². The molecule has 0 saturated carbocycles. The Morgan fingerprint density at radius 2 is 2.03 bits per heavy atom. The van der Waals surface area contributed by atoms with E-state index >= 15 is 0 Å². The summed E-state index contributed by atoms with van der Waals surface area (Å²) in [7, 11) is 0. The molecule has 1 aliphatic rings. The van der Waals surface area contributed by atoms with Gasteiger partial charge in [0.1, 0.15) is 16.6 Å². The lowest BCUT2D eigenvalue weighted by Gasteiger charge is -2.26. The molecule has 0 radical (unpaired) electrons. The van der Waals surface area contributed by atoms with Crippen molar-refractivity contribution in [1.82, 2.24) is 20.2 Å². The summed E-state index contributed by atoms with van der Waals surface area (Å²) in [6.45, 7) is 6.18. The van der Waals surface area contributed by atoms with Crippen molar-refractivity contribution < 1.29 is 13.9 Å². The molecule has 1 unspecified atom stereocenters. The Hall–Kier alpha value is -2.42. The van der Waals surface area contributed by atoms with Gasteiger partial charge in [-0.15, -0.1) is 0 Å². The largest absolute Gasteiger partial charge is 0.467 e. The Morgan fingerprint density at radius 1 is 1.21 bits per heavy atom. The number of hydrogen-bond acceptors (Lipinski definition) is 7. The molecule has 29 heavy (non-hydrogen) atoms. The van der Waals surface area contributed by atoms with Crippen LogP contribution in [0.15, 0.2) is 52.1 Å². The molecule has 2 aromatic heterocycles. The van der Waals surface area contributed by atoms with Crippen molar-refractivity contribution in [3.63, 3.8) is 0 Å². The summed E-state index contributed by atoms with van der Waals surface area (Å²) in [5.74, 6) is 1.45. The zero-order chi connectivity index (χ0) is 20.1. The Bertz CT molecular complexity index is 958. The first kappa shape index (κ1) is 19.9. The van der Waals surface area contributed by atoms with E-state index in [1.165, 1.54) is 11.8 Å². The third-order valence-corrected chi connectivity index (χ3v) is 5.86. The molecule has 1 aliphatic heterocycles. The molecule has 1 aromatic carbocycles. The number of rotatable bonds is 7. The molecule has 8 heteroatoms. The summed E-state index contributed by atoms with van der Waals surface area (Å²) in [5.41, 5.74) is 0.899. The lowest BCUT2D eigenvalue weighted by atomic mass is 10.2. The quantitative estimate of drug-likeness (QED) is 0.472. The van der Waals surface area contributed by atoms with Gasteiger partial charge in [0.05, 0.1) is 43.3 Å². The number of morpholine rings is 1. The number of thioether (sulfide) groups is 1. The minimum absolute atomic E-state index is 0.0520. The molecule has 3 heterocycles. The van der Waals surface area contributed by atoms with Gasteiger partial charge in [0.25, 0.3) is 0 Å². The van der Waals surface area contributed by atoms with E-state index in [1.807, 2.05) is 43.3 Å². The highest BCUT2D eigenvalue weighted by atomic mass is 32.2. The molecule has 0 spiro atoms. The van der Waals surface area contributed by atoms with Crippen LogP contribution < -0.4 is 5.32 Å². The summed E-state index contributed by atoms with van der Waals surface area (Å²) in [6.07, 6.45) is 1.60. The number of para-hydroxylation sites is 1. The Morgan fingerprint density at radius 3 is 2.83 bits per heavy atom. The van der Waals surface area contributed by atoms with E-state index in [0.29, 0.717) is 13.1 Å². The van der Waals surface area contributed by atoms with Crippen LogP contribution in [0.1, 0.15) is 18.5 Å². The Labute approximate surface area is 173 Å². The molecule has 152 valence electrons. The average molecular weight is 413 g/mol. The van der Waals surface area contributed by atoms with Gasteiger partial charge >= 0.3 is 0 Å². The van der Waals surface area contributed by atoms with E-state index in [2.05, 4.69) is 10.2 Å². The van der Waals surface area contributed by atoms with Crippen LogP contribution in [0.25, 0.3) is 10.9 Å². The van der Waals surface area contributed by atoms with Gasteiger partial charge < -0.3 is 14.5 Å². The van der Waals surface area contributed by atoms with Crippen LogP contribution in [-0.4, -0.2) is 52.3 Å². The molecule has 4 rings (SSSR count). The van der Waals surface area contributed by atoms with Crippen molar-refractivity contribution in [2.75, 3.05) is 26.3 Å². The third-order valence-electron chi connectivity index (χ3n) is 4.76. The maximum Gasteiger partial charge on any atom is 0.233 e. The number of nitrogens with zero attached hydrogens (tertiary/aromatic N) is 3. The van der Waals surface area contributed by atoms with Crippen molar-refractivity contribution in [2.45, 2.75) is 30.3 Å². The summed E-state index contributed by atoms with van der Waals surface area (Å²) >= 11 is 1.46. The van der Waals surface area contributed by atoms with Gasteiger partial charge in [-0.3, -0.25) is 9.69 Å². The van der Waals surface area contributed by atoms with Gasteiger partial charge in [-0.25, -0.2) is 9.97 Å². The van der Waals surface area contributed by atoms with E-state index in [-0.39, 0.29) is 11.2 Å². The fourth-order valence-corrected chi connectivity index (χ4v) is 4.15. The molecule has 1 N–H and O–H groups in total. The van der Waals surface area contributed by atoms with Gasteiger partial charge in [0, 0.05) is 18.5 Å². The minimum Gasteiger partial charge on any atom is -0.467 e. The molecular formula is C21H24N4O3S. The first-order chi connectivity index (χ1) is 14.2. The zero-order valence-electron chi connectivity index (χ0n) is 16.3. The fourth-order valence-electron chi connectivity index (χ4n) is 3.17. The van der Waals surface area contributed by atoms with Crippen LogP contribution >= 0.6 is 11.8 Å². The first-order valence-electron chi connectivity index (χ1n) is 9.71. The molecule has 1 amide bonds. The number of fused-ring (bicyclic) bond motifs is 1. The van der Waals surface area contributed by atoms with Gasteiger partial charge in [0.2, 0.25) is 5.91 Å². The summed E-state index contributed by atoms with van der Waals surface area (Å²) < 4.78 is 10.7. The molecule has 1 atom stereocenters. The average Bonchev–Trinajstić information content (AvgIpc) is 3.26. The highest BCUT2D eigenvalue weighted by molar-refractivity contribution is 8.00. The number of aromatic nitrogens is 2. The van der Waals surface area contributed by atoms with E-state index in [1.54, 1.807) is 6.26 Å². The second kappa shape index (κ2) is 9.39.